The van der Waals surface area contributed by atoms with E-state index in [4.69, 9.17) is 37.9 Å². The van der Waals surface area contributed by atoms with Crippen LogP contribution in [0.5, 0.6) is 0 Å². The van der Waals surface area contributed by atoms with Crippen molar-refractivity contribution >= 4 is 30.1 Å². The number of esters is 2. The summed E-state index contributed by atoms with van der Waals surface area (Å²) in [7, 11) is 2.71. The molecule has 0 aromatic heterocycles. The van der Waals surface area contributed by atoms with Crippen molar-refractivity contribution in [2.45, 2.75) is 122 Å². The van der Waals surface area contributed by atoms with Gasteiger partial charge in [-0.1, -0.05) is 50.6 Å². The fraction of sp³-hybridized carbons (Fsp3) is 0.688. The van der Waals surface area contributed by atoms with Crippen LogP contribution in [-0.4, -0.2) is 140 Å². The van der Waals surface area contributed by atoms with Gasteiger partial charge in [-0.05, 0) is 68.6 Å². The number of nitrogens with zero attached hydrogens (tertiary/aromatic N) is 1. The minimum absolute atomic E-state index is 0.0111. The maximum Gasteiger partial charge on any atom is 0.407 e. The number of hydrogen-bond donors (Lipinski definition) is 3. The first kappa shape index (κ1) is 51.6. The summed E-state index contributed by atoms with van der Waals surface area (Å²) in [6.07, 6.45) is 2.97. The fourth-order valence-corrected chi connectivity index (χ4v) is 11.7. The number of carbonyl (C=O) groups excluding carboxylic acids is 5. The van der Waals surface area contributed by atoms with Crippen LogP contribution >= 0.6 is 0 Å². The van der Waals surface area contributed by atoms with Gasteiger partial charge in [0, 0.05) is 42.6 Å². The predicted octanol–water partition coefficient (Wildman–Crippen LogP) is 4.44. The van der Waals surface area contributed by atoms with Gasteiger partial charge in [-0.15, -0.1) is 0 Å². The zero-order chi connectivity index (χ0) is 49.2. The molecule has 0 aromatic carbocycles. The number of nitrogens with one attached hydrogen (secondary N) is 1. The van der Waals surface area contributed by atoms with Gasteiger partial charge in [0.2, 0.25) is 11.3 Å². The number of aliphatic hydroxyl groups is 2. The van der Waals surface area contributed by atoms with Gasteiger partial charge in [-0.25, -0.2) is 14.4 Å². The van der Waals surface area contributed by atoms with Gasteiger partial charge in [0.15, 0.2) is 11.9 Å². The normalized spacial score (nSPS) is 40.1. The second-order valence-corrected chi connectivity index (χ2v) is 19.4. The lowest BCUT2D eigenvalue weighted by Gasteiger charge is -2.56. The lowest BCUT2D eigenvalue weighted by atomic mass is 9.49. The number of rotatable bonds is 14. The standard InChI is InChI=1S/C48H66N2O17/c1-25-10-13-35(65-37-22-46(6,50(58)59)41(29(5)64-37)49-45(57)61-9)26(2)19-33-34(52)20-30(23-51)21-48(33)43(55)38(44(56)67-48)42(54)47(7)32(25)12-11-31-39(47)27(3)18-28(4)40(31)66-36(53)24-63-17-16-62-15-14-60-8/h10-12,19-20,23,27-29,31-35,37,39-41,52,54H,13-18,21-22,24H2,1-9H3,(H,49,57)/b25-10+,26-19-,42-38?/t27-,28-,29-,31-,32-,33+,34-,35-,37-,39+,40-,41?,46?,47+,48-/m0/s1. The van der Waals surface area contributed by atoms with Crippen molar-refractivity contribution < 1.29 is 77.0 Å². The van der Waals surface area contributed by atoms with Gasteiger partial charge >= 0.3 is 18.0 Å². The molecule has 6 rings (SSSR count). The number of aldehydes is 1. The Morgan fingerprint density at radius 2 is 1.72 bits per heavy atom. The molecule has 1 spiro atoms. The summed E-state index contributed by atoms with van der Waals surface area (Å²) in [6.45, 7) is 13.2. The number of alkyl carbamates (subject to hydrolysis) is 1. The van der Waals surface area contributed by atoms with Crippen molar-refractivity contribution in [1.82, 2.24) is 5.32 Å². The van der Waals surface area contributed by atoms with E-state index in [1.54, 1.807) is 34.0 Å². The molecule has 2 heterocycles. The van der Waals surface area contributed by atoms with Gasteiger partial charge in [0.25, 0.3) is 0 Å². The quantitative estimate of drug-likeness (QED) is 0.0318. The van der Waals surface area contributed by atoms with Gasteiger partial charge in [-0.3, -0.25) is 19.7 Å². The SMILES string of the molecule is COCCOCCOCC(=O)O[C@@H]1[C@H]2C=C[C@H]3/C(C)=C/C[C@H](O[C@H]4CC(C)([N+](=O)[O-])C(NC(=O)OC)[C@H](C)O4)/C(C)=C\[C@@H]4[C@@H](O)C=C(C=O)C[C@]45OC(=O)C(=C(O)[C@@]3(C)[C@@H]2[C@@H](C)C[C@@H]1C)C5=O. The molecule has 4 aliphatic carbocycles. The van der Waals surface area contributed by atoms with Crippen LogP contribution in [0.25, 0.3) is 0 Å². The Labute approximate surface area is 390 Å². The Morgan fingerprint density at radius 1 is 1.01 bits per heavy atom. The first-order valence-corrected chi connectivity index (χ1v) is 22.9. The maximum absolute atomic E-state index is 15.2. The summed E-state index contributed by atoms with van der Waals surface area (Å²) < 4.78 is 45.7. The molecule has 19 nitrogen and oxygen atoms in total. The second-order valence-electron chi connectivity index (χ2n) is 19.4. The number of ketones is 1. The van der Waals surface area contributed by atoms with Gasteiger partial charge in [-0.2, -0.15) is 0 Å². The Kier molecular flexibility index (Phi) is 16.0. The van der Waals surface area contributed by atoms with Crippen LogP contribution in [0.15, 0.2) is 58.4 Å². The second kappa shape index (κ2) is 20.8. The number of hydrogen-bond acceptors (Lipinski definition) is 17. The van der Waals surface area contributed by atoms with Crippen molar-refractivity contribution in [2.75, 3.05) is 47.3 Å². The molecule has 1 saturated carbocycles. The molecule has 2 saturated heterocycles. The first-order valence-electron chi connectivity index (χ1n) is 22.9. The lowest BCUT2D eigenvalue weighted by Crippen LogP contribution is -2.65. The summed E-state index contributed by atoms with van der Waals surface area (Å²) in [4.78, 5) is 79.6. The van der Waals surface area contributed by atoms with Crippen LogP contribution < -0.4 is 5.32 Å². The van der Waals surface area contributed by atoms with Gasteiger partial charge in [0.1, 0.15) is 36.4 Å². The van der Waals surface area contributed by atoms with Crippen molar-refractivity contribution in [1.29, 1.82) is 0 Å². The average molecular weight is 943 g/mol. The summed E-state index contributed by atoms with van der Waals surface area (Å²) in [6, 6.07) is -1.10. The summed E-state index contributed by atoms with van der Waals surface area (Å²) in [5, 5.41) is 39.8. The van der Waals surface area contributed by atoms with Crippen LogP contribution in [0.2, 0.25) is 0 Å². The molecule has 15 atom stereocenters. The minimum Gasteiger partial charge on any atom is -0.511 e. The monoisotopic (exact) mass is 942 g/mol. The Balaban J connectivity index is 1.43. The zero-order valence-corrected chi connectivity index (χ0v) is 39.7. The van der Waals surface area contributed by atoms with E-state index in [2.05, 4.69) is 5.32 Å². The van der Waals surface area contributed by atoms with E-state index in [1.807, 2.05) is 39.0 Å². The molecule has 2 bridgehead atoms. The van der Waals surface area contributed by atoms with Gasteiger partial charge in [0.05, 0.1) is 64.2 Å². The molecule has 6 aliphatic rings. The number of ether oxygens (including phenoxy) is 8. The van der Waals surface area contributed by atoms with Crippen LogP contribution in [0, 0.1) is 51.0 Å². The smallest absolute Gasteiger partial charge is 0.407 e. The van der Waals surface area contributed by atoms with E-state index < -0.39 is 123 Å². The van der Waals surface area contributed by atoms with E-state index >= 15 is 4.79 Å². The van der Waals surface area contributed by atoms with E-state index in [9.17, 15) is 39.5 Å². The van der Waals surface area contributed by atoms with E-state index in [0.717, 1.165) is 12.7 Å². The molecular formula is C48H66N2O17. The van der Waals surface area contributed by atoms with Crippen LogP contribution in [0.3, 0.4) is 0 Å². The predicted molar refractivity (Wildman–Crippen MR) is 236 cm³/mol. The molecule has 370 valence electrons. The highest BCUT2D eigenvalue weighted by atomic mass is 16.7. The Morgan fingerprint density at radius 3 is 2.39 bits per heavy atom. The van der Waals surface area contributed by atoms with Crippen LogP contribution in [-0.2, 0) is 57.1 Å². The molecule has 2 aliphatic heterocycles. The van der Waals surface area contributed by atoms with Crippen molar-refractivity contribution in [3.8, 4) is 0 Å². The van der Waals surface area contributed by atoms with E-state index in [1.165, 1.54) is 13.0 Å². The van der Waals surface area contributed by atoms with E-state index in [0.29, 0.717) is 31.5 Å². The molecule has 1 amide bonds. The molecule has 3 fully saturated rings. The number of Topliss-reactive ketones (excluding diaryl/α,β-unsaturated/α-hetero) is 1. The Hall–Kier alpha value is -4.79. The zero-order valence-electron chi connectivity index (χ0n) is 39.7. The number of nitro groups is 1. The highest BCUT2D eigenvalue weighted by Crippen LogP contribution is 2.60. The number of carbonyl (C=O) groups is 5. The third kappa shape index (κ3) is 9.90. The molecule has 0 aromatic rings. The maximum atomic E-state index is 15.2. The first-order chi connectivity index (χ1) is 31.7. The van der Waals surface area contributed by atoms with Crippen LogP contribution in [0.4, 0.5) is 4.79 Å². The minimum atomic E-state index is -2.16. The highest BCUT2D eigenvalue weighted by molar-refractivity contribution is 6.26. The highest BCUT2D eigenvalue weighted by Gasteiger charge is 2.64. The number of methoxy groups -OCH3 is 2. The number of fused-ring (bicyclic) bond motifs is 4. The summed E-state index contributed by atoms with van der Waals surface area (Å²) >= 11 is 0. The third-order valence-corrected chi connectivity index (χ3v) is 15.0. The van der Waals surface area contributed by atoms with Gasteiger partial charge < -0.3 is 53.4 Å². The van der Waals surface area contributed by atoms with E-state index in [-0.39, 0.29) is 50.1 Å². The van der Waals surface area contributed by atoms with Crippen LogP contribution in [0.1, 0.15) is 74.1 Å². The average Bonchev–Trinajstić information content (AvgIpc) is 3.52. The summed E-state index contributed by atoms with van der Waals surface area (Å²) in [5.74, 6) is -6.38. The lowest BCUT2D eigenvalue weighted by molar-refractivity contribution is -0.584. The molecular weight excluding hydrogens is 877 g/mol. The third-order valence-electron chi connectivity index (χ3n) is 15.0. The molecule has 67 heavy (non-hydrogen) atoms. The van der Waals surface area contributed by atoms with Crippen molar-refractivity contribution in [3.05, 3.63) is 68.5 Å². The number of allylic oxidation sites excluding steroid dienone is 3. The topological polar surface area (TPSA) is 255 Å². The molecule has 19 heteroatoms. The number of aliphatic hydroxyl groups excluding tert-OH is 2. The summed E-state index contributed by atoms with van der Waals surface area (Å²) in [5.41, 5.74) is -4.76. The van der Waals surface area contributed by atoms with Crippen molar-refractivity contribution in [3.63, 3.8) is 0 Å². The molecule has 2 unspecified atom stereocenters. The van der Waals surface area contributed by atoms with Crippen molar-refractivity contribution in [2.24, 2.45) is 40.9 Å². The molecule has 0 radical (unpaired) electrons. The Bertz CT molecular complexity index is 2100. The molecule has 3 N–H and O–H groups in total. The number of amides is 1. The largest absolute Gasteiger partial charge is 0.511 e. The fourth-order valence-electron chi connectivity index (χ4n) is 11.7.